The van der Waals surface area contributed by atoms with Crippen molar-refractivity contribution in [3.8, 4) is 0 Å². The number of pyridine rings is 1. The molecule has 4 heterocycles. The predicted octanol–water partition coefficient (Wildman–Crippen LogP) is 4.87. The van der Waals surface area contributed by atoms with Gasteiger partial charge in [-0.2, -0.15) is 0 Å². The Balaban J connectivity index is 1.72. The lowest BCUT2D eigenvalue weighted by Crippen LogP contribution is -2.32. The van der Waals surface area contributed by atoms with Crippen LogP contribution in [0.5, 0.6) is 0 Å². The van der Waals surface area contributed by atoms with Gasteiger partial charge in [0, 0.05) is 28.1 Å². The van der Waals surface area contributed by atoms with Crippen molar-refractivity contribution in [2.24, 2.45) is 0 Å². The monoisotopic (exact) mass is 425 g/mol. The van der Waals surface area contributed by atoms with Crippen molar-refractivity contribution in [1.29, 1.82) is 0 Å². The van der Waals surface area contributed by atoms with Crippen molar-refractivity contribution in [1.82, 2.24) is 14.5 Å². The Hall–Kier alpha value is -2.28. The topological polar surface area (TPSA) is 57.0 Å². The molecule has 0 unspecified atom stereocenters. The SMILES string of the molecule is Cc1nc2sc3c(=O)n(Cc4ccccc4Cl)cnc3c2c2c1COC(C)(C)C2. The fraction of sp³-hybridized carbons (Fsp3) is 0.318. The summed E-state index contributed by atoms with van der Waals surface area (Å²) in [4.78, 5) is 23.6. The van der Waals surface area contributed by atoms with E-state index < -0.39 is 0 Å². The van der Waals surface area contributed by atoms with E-state index in [1.54, 1.807) is 10.9 Å². The van der Waals surface area contributed by atoms with Crippen molar-refractivity contribution in [2.45, 2.75) is 45.9 Å². The second-order valence-electron chi connectivity index (χ2n) is 8.11. The molecule has 5 nitrogen and oxygen atoms in total. The van der Waals surface area contributed by atoms with Crippen LogP contribution < -0.4 is 5.56 Å². The Morgan fingerprint density at radius 1 is 1.28 bits per heavy atom. The Kier molecular flexibility index (Phi) is 4.28. The van der Waals surface area contributed by atoms with E-state index in [0.29, 0.717) is 22.9 Å². The number of nitrogens with zero attached hydrogens (tertiary/aromatic N) is 3. The first-order valence-electron chi connectivity index (χ1n) is 9.51. The molecule has 3 aromatic heterocycles. The summed E-state index contributed by atoms with van der Waals surface area (Å²) in [6.45, 7) is 7.12. The van der Waals surface area contributed by atoms with Crippen LogP contribution in [-0.2, 0) is 24.3 Å². The van der Waals surface area contributed by atoms with E-state index in [1.165, 1.54) is 16.9 Å². The van der Waals surface area contributed by atoms with Crippen LogP contribution in [0.3, 0.4) is 0 Å². The summed E-state index contributed by atoms with van der Waals surface area (Å²) >= 11 is 7.70. The Labute approximate surface area is 176 Å². The van der Waals surface area contributed by atoms with Crippen molar-refractivity contribution in [2.75, 3.05) is 0 Å². The van der Waals surface area contributed by atoms with Gasteiger partial charge >= 0.3 is 0 Å². The molecule has 148 valence electrons. The van der Waals surface area contributed by atoms with Crippen LogP contribution in [0.4, 0.5) is 0 Å². The highest BCUT2D eigenvalue weighted by molar-refractivity contribution is 7.25. The Bertz CT molecular complexity index is 1340. The van der Waals surface area contributed by atoms with Gasteiger partial charge in [-0.1, -0.05) is 29.8 Å². The number of aromatic nitrogens is 3. The molecular weight excluding hydrogens is 406 g/mol. The van der Waals surface area contributed by atoms with Crippen LogP contribution in [0.1, 0.15) is 36.2 Å². The molecule has 0 bridgehead atoms. The van der Waals surface area contributed by atoms with Gasteiger partial charge in [-0.15, -0.1) is 11.3 Å². The summed E-state index contributed by atoms with van der Waals surface area (Å²) in [6, 6.07) is 7.55. The molecule has 1 aliphatic heterocycles. The van der Waals surface area contributed by atoms with Gasteiger partial charge in [0.1, 0.15) is 9.53 Å². The molecule has 0 fully saturated rings. The number of aryl methyl sites for hydroxylation is 1. The van der Waals surface area contributed by atoms with Gasteiger partial charge in [0.15, 0.2) is 0 Å². The van der Waals surface area contributed by atoms with Crippen LogP contribution in [0.15, 0.2) is 35.4 Å². The summed E-state index contributed by atoms with van der Waals surface area (Å²) in [5.41, 5.74) is 4.63. The molecule has 0 saturated carbocycles. The molecule has 1 aliphatic rings. The van der Waals surface area contributed by atoms with E-state index >= 15 is 0 Å². The molecule has 0 radical (unpaired) electrons. The first-order valence-corrected chi connectivity index (χ1v) is 10.7. The fourth-order valence-electron chi connectivity index (χ4n) is 3.98. The number of hydrogen-bond acceptors (Lipinski definition) is 5. The van der Waals surface area contributed by atoms with Crippen molar-refractivity contribution >= 4 is 43.4 Å². The molecule has 0 atom stereocenters. The first kappa shape index (κ1) is 18.7. The molecule has 0 aliphatic carbocycles. The van der Waals surface area contributed by atoms with E-state index in [9.17, 15) is 4.79 Å². The third kappa shape index (κ3) is 3.06. The van der Waals surface area contributed by atoms with Crippen molar-refractivity contribution in [3.63, 3.8) is 0 Å². The number of benzene rings is 1. The Morgan fingerprint density at radius 2 is 2.07 bits per heavy atom. The maximum Gasteiger partial charge on any atom is 0.271 e. The summed E-state index contributed by atoms with van der Waals surface area (Å²) in [7, 11) is 0. The molecule has 0 spiro atoms. The quantitative estimate of drug-likeness (QED) is 0.460. The van der Waals surface area contributed by atoms with Gasteiger partial charge in [-0.05, 0) is 38.0 Å². The molecule has 5 rings (SSSR count). The molecule has 1 aromatic carbocycles. The van der Waals surface area contributed by atoms with Gasteiger partial charge < -0.3 is 4.74 Å². The zero-order valence-corrected chi connectivity index (χ0v) is 18.0. The number of fused-ring (bicyclic) bond motifs is 5. The summed E-state index contributed by atoms with van der Waals surface area (Å²) in [5, 5.41) is 1.65. The second kappa shape index (κ2) is 6.62. The van der Waals surface area contributed by atoms with Gasteiger partial charge in [0.2, 0.25) is 0 Å². The number of halogens is 1. The lowest BCUT2D eigenvalue weighted by atomic mass is 9.89. The molecule has 0 saturated heterocycles. The minimum atomic E-state index is -0.249. The van der Waals surface area contributed by atoms with E-state index in [4.69, 9.17) is 26.3 Å². The molecule has 7 heteroatoms. The largest absolute Gasteiger partial charge is 0.370 e. The van der Waals surface area contributed by atoms with Crippen LogP contribution in [-0.4, -0.2) is 20.1 Å². The standard InChI is InChI=1S/C22H20ClN3O2S/c1-12-15-10-28-22(2,3)8-14(15)17-18-19(29-20(17)25-12)21(27)26(11-24-18)9-13-6-4-5-7-16(13)23/h4-7,11H,8-10H2,1-3H3. The van der Waals surface area contributed by atoms with E-state index in [-0.39, 0.29) is 11.2 Å². The molecule has 0 amide bonds. The third-order valence-corrected chi connectivity index (χ3v) is 6.96. The summed E-state index contributed by atoms with van der Waals surface area (Å²) < 4.78 is 8.25. The fourth-order valence-corrected chi connectivity index (χ4v) is 5.33. The van der Waals surface area contributed by atoms with Gasteiger partial charge in [-0.25, -0.2) is 9.97 Å². The van der Waals surface area contributed by atoms with E-state index in [1.807, 2.05) is 31.2 Å². The van der Waals surface area contributed by atoms with Crippen LogP contribution in [0.25, 0.3) is 20.4 Å². The van der Waals surface area contributed by atoms with Gasteiger partial charge in [0.25, 0.3) is 5.56 Å². The van der Waals surface area contributed by atoms with Crippen molar-refractivity contribution < 1.29 is 4.74 Å². The minimum Gasteiger partial charge on any atom is -0.370 e. The lowest BCUT2D eigenvalue weighted by molar-refractivity contribution is -0.0400. The highest BCUT2D eigenvalue weighted by Gasteiger charge is 2.31. The van der Waals surface area contributed by atoms with Crippen LogP contribution >= 0.6 is 22.9 Å². The normalized spacial score (nSPS) is 15.7. The first-order chi connectivity index (χ1) is 13.8. The summed E-state index contributed by atoms with van der Waals surface area (Å²) in [6.07, 6.45) is 2.40. The highest BCUT2D eigenvalue weighted by atomic mass is 35.5. The molecule has 4 aromatic rings. The zero-order chi connectivity index (χ0) is 20.3. The molecule has 0 N–H and O–H groups in total. The molecule has 29 heavy (non-hydrogen) atoms. The lowest BCUT2D eigenvalue weighted by Gasteiger charge is -2.32. The third-order valence-electron chi connectivity index (χ3n) is 5.53. The highest BCUT2D eigenvalue weighted by Crippen LogP contribution is 2.39. The van der Waals surface area contributed by atoms with E-state index in [2.05, 4.69) is 13.8 Å². The number of rotatable bonds is 2. The minimum absolute atomic E-state index is 0.0596. The average Bonchev–Trinajstić information content (AvgIpc) is 3.04. The van der Waals surface area contributed by atoms with Gasteiger partial charge in [0.05, 0.1) is 30.6 Å². The molecular formula is C22H20ClN3O2S. The second-order valence-corrected chi connectivity index (χ2v) is 9.51. The van der Waals surface area contributed by atoms with Crippen LogP contribution in [0, 0.1) is 6.92 Å². The summed E-state index contributed by atoms with van der Waals surface area (Å²) in [5.74, 6) is 0. The average molecular weight is 426 g/mol. The Morgan fingerprint density at radius 3 is 2.86 bits per heavy atom. The van der Waals surface area contributed by atoms with Crippen molar-refractivity contribution in [3.05, 3.63) is 68.4 Å². The van der Waals surface area contributed by atoms with E-state index in [0.717, 1.165) is 39.0 Å². The predicted molar refractivity (Wildman–Crippen MR) is 117 cm³/mol. The number of hydrogen-bond donors (Lipinski definition) is 0. The smallest absolute Gasteiger partial charge is 0.271 e. The zero-order valence-electron chi connectivity index (χ0n) is 16.5. The van der Waals surface area contributed by atoms with Gasteiger partial charge in [-0.3, -0.25) is 9.36 Å². The number of ether oxygens (including phenoxy) is 1. The number of thiophene rings is 1. The maximum absolute atomic E-state index is 13.2. The maximum atomic E-state index is 13.2. The van der Waals surface area contributed by atoms with Crippen LogP contribution in [0.2, 0.25) is 5.02 Å².